The van der Waals surface area contributed by atoms with Gasteiger partial charge in [-0.3, -0.25) is 0 Å². The fourth-order valence-electron chi connectivity index (χ4n) is 0.805. The molecule has 0 bridgehead atoms. The van der Waals surface area contributed by atoms with Crippen LogP contribution in [0.2, 0.25) is 0 Å². The summed E-state index contributed by atoms with van der Waals surface area (Å²) in [5.74, 6) is -0.180. The largest absolute Gasteiger partial charge is 0.462 e. The van der Waals surface area contributed by atoms with Crippen LogP contribution in [-0.4, -0.2) is 19.1 Å². The third-order valence-corrected chi connectivity index (χ3v) is 1.35. The van der Waals surface area contributed by atoms with Gasteiger partial charge in [0, 0.05) is 19.2 Å². The van der Waals surface area contributed by atoms with Crippen LogP contribution in [0.15, 0.2) is 11.8 Å². The van der Waals surface area contributed by atoms with Gasteiger partial charge >= 0.3 is 5.97 Å². The van der Waals surface area contributed by atoms with E-state index in [2.05, 4.69) is 5.32 Å². The van der Waals surface area contributed by atoms with Gasteiger partial charge in [-0.05, 0) is 6.92 Å². The van der Waals surface area contributed by atoms with Gasteiger partial charge in [-0.15, -0.1) is 0 Å². The first kappa shape index (κ1) is 7.12. The quantitative estimate of drug-likeness (QED) is 0.447. The lowest BCUT2D eigenvalue weighted by atomic mass is 10.2. The van der Waals surface area contributed by atoms with Crippen LogP contribution in [0.25, 0.3) is 0 Å². The Morgan fingerprint density at radius 2 is 2.60 bits per heavy atom. The third kappa shape index (κ3) is 1.50. The first-order valence-electron chi connectivity index (χ1n) is 3.44. The molecule has 0 amide bonds. The first-order chi connectivity index (χ1) is 4.84. The number of hydrogen-bond donors (Lipinski definition) is 1. The number of ether oxygens (including phenoxy) is 1. The Kier molecular flexibility index (Phi) is 2.31. The molecule has 0 aromatic rings. The number of carbonyl (C=O) groups is 1. The Balaban J connectivity index is 2.46. The number of rotatable bonds is 2. The zero-order chi connectivity index (χ0) is 7.40. The van der Waals surface area contributed by atoms with E-state index in [0.29, 0.717) is 6.61 Å². The van der Waals surface area contributed by atoms with Crippen LogP contribution < -0.4 is 5.32 Å². The lowest BCUT2D eigenvalue weighted by molar-refractivity contribution is -0.135. The molecule has 1 rings (SSSR count). The summed E-state index contributed by atoms with van der Waals surface area (Å²) in [4.78, 5) is 10.7. The molecule has 0 atom stereocenters. The van der Waals surface area contributed by atoms with E-state index in [1.165, 1.54) is 0 Å². The van der Waals surface area contributed by atoms with Crippen molar-refractivity contribution < 1.29 is 9.53 Å². The molecular weight excluding hydrogens is 130 g/mol. The zero-order valence-electron chi connectivity index (χ0n) is 6.02. The van der Waals surface area contributed by atoms with Crippen molar-refractivity contribution >= 4 is 5.97 Å². The minimum absolute atomic E-state index is 0.180. The average Bonchev–Trinajstić information content (AvgIpc) is 2.31. The molecule has 10 heavy (non-hydrogen) atoms. The molecule has 56 valence electrons. The molecule has 0 aliphatic carbocycles. The van der Waals surface area contributed by atoms with Crippen LogP contribution in [0.3, 0.4) is 0 Å². The highest BCUT2D eigenvalue weighted by Crippen LogP contribution is 2.10. The highest BCUT2D eigenvalue weighted by molar-refractivity contribution is 5.90. The fourth-order valence-corrected chi connectivity index (χ4v) is 0.805. The summed E-state index contributed by atoms with van der Waals surface area (Å²) in [5, 5.41) is 2.96. The van der Waals surface area contributed by atoms with Crippen LogP contribution in [0, 0.1) is 0 Å². The Labute approximate surface area is 60.1 Å². The summed E-state index contributed by atoms with van der Waals surface area (Å²) < 4.78 is 4.72. The molecule has 0 unspecified atom stereocenters. The summed E-state index contributed by atoms with van der Waals surface area (Å²) in [6, 6.07) is 0. The van der Waals surface area contributed by atoms with E-state index >= 15 is 0 Å². The number of esters is 1. The Hall–Kier alpha value is -0.990. The second kappa shape index (κ2) is 3.25. The minimum Gasteiger partial charge on any atom is -0.462 e. The topological polar surface area (TPSA) is 38.3 Å². The second-order valence-electron chi connectivity index (χ2n) is 2.11. The molecule has 0 spiro atoms. The third-order valence-electron chi connectivity index (χ3n) is 1.35. The van der Waals surface area contributed by atoms with E-state index in [-0.39, 0.29) is 5.97 Å². The molecule has 1 aliphatic heterocycles. The molecule has 1 saturated heterocycles. The SMILES string of the molecule is CCNC=C1CCOC1=O. The molecule has 3 nitrogen and oxygen atoms in total. The Morgan fingerprint density at radius 1 is 1.80 bits per heavy atom. The van der Waals surface area contributed by atoms with Crippen molar-refractivity contribution in [1.29, 1.82) is 0 Å². The van der Waals surface area contributed by atoms with E-state index < -0.39 is 0 Å². The van der Waals surface area contributed by atoms with Gasteiger partial charge in [-0.2, -0.15) is 0 Å². The monoisotopic (exact) mass is 141 g/mol. The molecule has 1 fully saturated rings. The Bertz CT molecular complexity index is 163. The van der Waals surface area contributed by atoms with E-state index in [1.54, 1.807) is 6.20 Å². The predicted molar refractivity (Wildman–Crippen MR) is 37.3 cm³/mol. The van der Waals surface area contributed by atoms with E-state index in [0.717, 1.165) is 18.5 Å². The van der Waals surface area contributed by atoms with Gasteiger partial charge in [0.2, 0.25) is 0 Å². The van der Waals surface area contributed by atoms with Gasteiger partial charge in [0.15, 0.2) is 0 Å². The van der Waals surface area contributed by atoms with Crippen LogP contribution in [0.1, 0.15) is 13.3 Å². The Morgan fingerprint density at radius 3 is 3.10 bits per heavy atom. The van der Waals surface area contributed by atoms with Crippen LogP contribution in [0.4, 0.5) is 0 Å². The molecule has 0 saturated carbocycles. The lowest BCUT2D eigenvalue weighted by Gasteiger charge is -1.93. The van der Waals surface area contributed by atoms with Gasteiger partial charge in [-0.1, -0.05) is 0 Å². The van der Waals surface area contributed by atoms with Crippen LogP contribution >= 0.6 is 0 Å². The maximum Gasteiger partial charge on any atom is 0.335 e. The van der Waals surface area contributed by atoms with Gasteiger partial charge in [0.25, 0.3) is 0 Å². The summed E-state index contributed by atoms with van der Waals surface area (Å²) in [6.07, 6.45) is 2.47. The number of nitrogens with one attached hydrogen (secondary N) is 1. The van der Waals surface area contributed by atoms with Crippen LogP contribution in [-0.2, 0) is 9.53 Å². The fraction of sp³-hybridized carbons (Fsp3) is 0.571. The number of hydrogen-bond acceptors (Lipinski definition) is 3. The molecule has 1 N–H and O–H groups in total. The van der Waals surface area contributed by atoms with Crippen molar-refractivity contribution in [3.8, 4) is 0 Å². The van der Waals surface area contributed by atoms with Crippen molar-refractivity contribution in [2.24, 2.45) is 0 Å². The summed E-state index contributed by atoms with van der Waals surface area (Å²) >= 11 is 0. The van der Waals surface area contributed by atoms with Gasteiger partial charge in [-0.25, -0.2) is 4.79 Å². The maximum atomic E-state index is 10.7. The van der Waals surface area contributed by atoms with Gasteiger partial charge in [0.05, 0.1) is 12.2 Å². The highest BCUT2D eigenvalue weighted by Gasteiger charge is 2.17. The normalized spacial score (nSPS) is 21.3. The van der Waals surface area contributed by atoms with E-state index in [4.69, 9.17) is 4.74 Å². The van der Waals surface area contributed by atoms with Crippen molar-refractivity contribution in [3.63, 3.8) is 0 Å². The summed E-state index contributed by atoms with van der Waals surface area (Å²) in [5.41, 5.74) is 0.752. The summed E-state index contributed by atoms with van der Waals surface area (Å²) in [7, 11) is 0. The number of cyclic esters (lactones) is 1. The number of carbonyl (C=O) groups excluding carboxylic acids is 1. The predicted octanol–water partition coefficient (Wildman–Crippen LogP) is 0.427. The maximum absolute atomic E-state index is 10.7. The molecule has 1 aliphatic rings. The molecule has 3 heteroatoms. The lowest BCUT2D eigenvalue weighted by Crippen LogP contribution is -2.06. The van der Waals surface area contributed by atoms with Crippen molar-refractivity contribution in [2.75, 3.05) is 13.2 Å². The van der Waals surface area contributed by atoms with E-state index in [9.17, 15) is 4.79 Å². The van der Waals surface area contributed by atoms with Crippen LogP contribution in [0.5, 0.6) is 0 Å². The summed E-state index contributed by atoms with van der Waals surface area (Å²) in [6.45, 7) is 3.37. The highest BCUT2D eigenvalue weighted by atomic mass is 16.5. The standard InChI is InChI=1S/C7H11NO2/c1-2-8-5-6-3-4-10-7(6)9/h5,8H,2-4H2,1H3. The molecular formula is C7H11NO2. The van der Waals surface area contributed by atoms with Crippen molar-refractivity contribution in [3.05, 3.63) is 11.8 Å². The van der Waals surface area contributed by atoms with E-state index in [1.807, 2.05) is 6.92 Å². The van der Waals surface area contributed by atoms with Gasteiger partial charge < -0.3 is 10.1 Å². The van der Waals surface area contributed by atoms with Crippen molar-refractivity contribution in [2.45, 2.75) is 13.3 Å². The average molecular weight is 141 g/mol. The molecule has 0 aromatic heterocycles. The van der Waals surface area contributed by atoms with Crippen molar-refractivity contribution in [1.82, 2.24) is 5.32 Å². The first-order valence-corrected chi connectivity index (χ1v) is 3.44. The minimum atomic E-state index is -0.180. The molecule has 0 aromatic carbocycles. The molecule has 0 radical (unpaired) electrons. The molecule has 1 heterocycles. The van der Waals surface area contributed by atoms with Gasteiger partial charge in [0.1, 0.15) is 0 Å². The second-order valence-corrected chi connectivity index (χ2v) is 2.11. The zero-order valence-corrected chi connectivity index (χ0v) is 6.02. The smallest absolute Gasteiger partial charge is 0.335 e.